The topological polar surface area (TPSA) is 55.1 Å². The van der Waals surface area contributed by atoms with E-state index < -0.39 is 0 Å². The van der Waals surface area contributed by atoms with Gasteiger partial charge < -0.3 is 9.73 Å². The second-order valence-electron chi connectivity index (χ2n) is 3.38. The van der Waals surface area contributed by atoms with E-state index in [4.69, 9.17) is 4.42 Å². The molecule has 0 aromatic carbocycles. The lowest BCUT2D eigenvalue weighted by atomic mass is 10.3. The van der Waals surface area contributed by atoms with Gasteiger partial charge in [0.05, 0.1) is 22.5 Å². The first-order valence-corrected chi connectivity index (χ1v) is 5.85. The SMILES string of the molecule is Cc1nc(CCNC(=O)c2ccoc2)cs1. The summed E-state index contributed by atoms with van der Waals surface area (Å²) >= 11 is 1.62. The van der Waals surface area contributed by atoms with Gasteiger partial charge in [-0.05, 0) is 13.0 Å². The van der Waals surface area contributed by atoms with Crippen molar-refractivity contribution < 1.29 is 9.21 Å². The predicted octanol–water partition coefficient (Wildman–Crippen LogP) is 2.02. The number of rotatable bonds is 4. The molecule has 1 N–H and O–H groups in total. The van der Waals surface area contributed by atoms with E-state index in [0.717, 1.165) is 17.1 Å². The number of hydrogen-bond donors (Lipinski definition) is 1. The molecule has 0 aliphatic carbocycles. The summed E-state index contributed by atoms with van der Waals surface area (Å²) in [5, 5.41) is 5.87. The van der Waals surface area contributed by atoms with Crippen LogP contribution in [-0.2, 0) is 6.42 Å². The summed E-state index contributed by atoms with van der Waals surface area (Å²) in [6.07, 6.45) is 3.68. The van der Waals surface area contributed by atoms with Crippen LogP contribution in [0.2, 0.25) is 0 Å². The third kappa shape index (κ3) is 2.70. The molecule has 2 aromatic rings. The maximum Gasteiger partial charge on any atom is 0.254 e. The molecule has 5 heteroatoms. The van der Waals surface area contributed by atoms with Crippen LogP contribution in [0.5, 0.6) is 0 Å². The number of thiazole rings is 1. The van der Waals surface area contributed by atoms with Crippen LogP contribution < -0.4 is 5.32 Å². The Morgan fingerprint density at radius 3 is 3.12 bits per heavy atom. The number of aryl methyl sites for hydroxylation is 1. The maximum absolute atomic E-state index is 11.5. The second-order valence-corrected chi connectivity index (χ2v) is 4.44. The fraction of sp³-hybridized carbons (Fsp3) is 0.273. The molecule has 16 heavy (non-hydrogen) atoms. The molecule has 1 amide bonds. The molecule has 0 spiro atoms. The van der Waals surface area contributed by atoms with Crippen molar-refractivity contribution in [2.75, 3.05) is 6.54 Å². The molecule has 2 rings (SSSR count). The van der Waals surface area contributed by atoms with Crippen LogP contribution >= 0.6 is 11.3 Å². The Bertz CT molecular complexity index is 462. The first-order chi connectivity index (χ1) is 7.75. The minimum Gasteiger partial charge on any atom is -0.472 e. The summed E-state index contributed by atoms with van der Waals surface area (Å²) in [5.74, 6) is -0.110. The van der Waals surface area contributed by atoms with Crippen molar-refractivity contribution in [1.29, 1.82) is 0 Å². The summed E-state index contributed by atoms with van der Waals surface area (Å²) in [5.41, 5.74) is 1.57. The van der Waals surface area contributed by atoms with E-state index in [2.05, 4.69) is 10.3 Å². The lowest BCUT2D eigenvalue weighted by Crippen LogP contribution is -2.25. The highest BCUT2D eigenvalue weighted by atomic mass is 32.1. The average molecular weight is 236 g/mol. The van der Waals surface area contributed by atoms with E-state index in [1.54, 1.807) is 17.4 Å². The highest BCUT2D eigenvalue weighted by Crippen LogP contribution is 2.07. The van der Waals surface area contributed by atoms with Crippen molar-refractivity contribution in [2.24, 2.45) is 0 Å². The van der Waals surface area contributed by atoms with Crippen molar-refractivity contribution in [1.82, 2.24) is 10.3 Å². The van der Waals surface area contributed by atoms with Gasteiger partial charge in [0.2, 0.25) is 0 Å². The summed E-state index contributed by atoms with van der Waals surface area (Å²) in [6, 6.07) is 1.64. The molecule has 2 heterocycles. The molecule has 0 unspecified atom stereocenters. The first kappa shape index (κ1) is 10.9. The van der Waals surface area contributed by atoms with Crippen LogP contribution in [0.15, 0.2) is 28.4 Å². The molecule has 0 saturated heterocycles. The summed E-state index contributed by atoms with van der Waals surface area (Å²) in [4.78, 5) is 15.8. The summed E-state index contributed by atoms with van der Waals surface area (Å²) < 4.78 is 4.83. The molecule has 2 aromatic heterocycles. The zero-order valence-corrected chi connectivity index (χ0v) is 9.71. The molecule has 0 bridgehead atoms. The van der Waals surface area contributed by atoms with E-state index in [1.807, 2.05) is 12.3 Å². The smallest absolute Gasteiger partial charge is 0.254 e. The molecular formula is C11H12N2O2S. The Labute approximate surface area is 97.3 Å². The average Bonchev–Trinajstić information content (AvgIpc) is 2.89. The summed E-state index contributed by atoms with van der Waals surface area (Å²) in [6.45, 7) is 2.56. The Morgan fingerprint density at radius 2 is 2.50 bits per heavy atom. The molecule has 0 radical (unpaired) electrons. The molecule has 0 atom stereocenters. The number of amides is 1. The van der Waals surface area contributed by atoms with Crippen LogP contribution in [0.3, 0.4) is 0 Å². The third-order valence-electron chi connectivity index (χ3n) is 2.12. The van der Waals surface area contributed by atoms with Gasteiger partial charge in [-0.2, -0.15) is 0 Å². The number of hydrogen-bond acceptors (Lipinski definition) is 4. The maximum atomic E-state index is 11.5. The van der Waals surface area contributed by atoms with E-state index in [-0.39, 0.29) is 5.91 Å². The highest BCUT2D eigenvalue weighted by Gasteiger charge is 2.06. The molecule has 0 aliphatic rings. The fourth-order valence-electron chi connectivity index (χ4n) is 1.32. The van der Waals surface area contributed by atoms with E-state index in [0.29, 0.717) is 12.1 Å². The molecule has 0 saturated carbocycles. The van der Waals surface area contributed by atoms with Gasteiger partial charge in [-0.15, -0.1) is 11.3 Å². The Morgan fingerprint density at radius 1 is 1.62 bits per heavy atom. The second kappa shape index (κ2) is 4.94. The van der Waals surface area contributed by atoms with E-state index in [9.17, 15) is 4.79 Å². The highest BCUT2D eigenvalue weighted by molar-refractivity contribution is 7.09. The monoisotopic (exact) mass is 236 g/mol. The standard InChI is InChI=1S/C11H12N2O2S/c1-8-13-10(7-16-8)2-4-12-11(14)9-3-5-15-6-9/h3,5-7H,2,4H2,1H3,(H,12,14). The van der Waals surface area contributed by atoms with Gasteiger partial charge >= 0.3 is 0 Å². The summed E-state index contributed by atoms with van der Waals surface area (Å²) in [7, 11) is 0. The first-order valence-electron chi connectivity index (χ1n) is 4.97. The predicted molar refractivity (Wildman–Crippen MR) is 61.6 cm³/mol. The van der Waals surface area contributed by atoms with Gasteiger partial charge in [-0.25, -0.2) is 4.98 Å². The molecule has 0 aliphatic heterocycles. The number of aromatic nitrogens is 1. The number of nitrogens with zero attached hydrogens (tertiary/aromatic N) is 1. The largest absolute Gasteiger partial charge is 0.472 e. The van der Waals surface area contributed by atoms with Gasteiger partial charge in [-0.3, -0.25) is 4.79 Å². The molecule has 84 valence electrons. The number of carbonyl (C=O) groups excluding carboxylic acids is 1. The zero-order valence-electron chi connectivity index (χ0n) is 8.90. The quantitative estimate of drug-likeness (QED) is 0.883. The van der Waals surface area contributed by atoms with Crippen LogP contribution in [-0.4, -0.2) is 17.4 Å². The minimum absolute atomic E-state index is 0.110. The van der Waals surface area contributed by atoms with Crippen molar-refractivity contribution in [2.45, 2.75) is 13.3 Å². The van der Waals surface area contributed by atoms with Gasteiger partial charge in [0.15, 0.2) is 0 Å². The van der Waals surface area contributed by atoms with E-state index >= 15 is 0 Å². The van der Waals surface area contributed by atoms with Crippen LogP contribution in [0.1, 0.15) is 21.1 Å². The van der Waals surface area contributed by atoms with E-state index in [1.165, 1.54) is 12.5 Å². The normalized spacial score (nSPS) is 10.3. The number of carbonyl (C=O) groups is 1. The van der Waals surface area contributed by atoms with Crippen LogP contribution in [0.25, 0.3) is 0 Å². The van der Waals surface area contributed by atoms with Gasteiger partial charge in [-0.1, -0.05) is 0 Å². The van der Waals surface area contributed by atoms with Gasteiger partial charge in [0, 0.05) is 18.3 Å². The van der Waals surface area contributed by atoms with Crippen molar-refractivity contribution in [3.05, 3.63) is 40.2 Å². The Kier molecular flexibility index (Phi) is 3.36. The molecular weight excluding hydrogens is 224 g/mol. The van der Waals surface area contributed by atoms with Crippen LogP contribution in [0.4, 0.5) is 0 Å². The number of furan rings is 1. The van der Waals surface area contributed by atoms with Crippen molar-refractivity contribution >= 4 is 17.2 Å². The van der Waals surface area contributed by atoms with Crippen molar-refractivity contribution in [3.63, 3.8) is 0 Å². The lowest BCUT2D eigenvalue weighted by Gasteiger charge is -2.00. The van der Waals surface area contributed by atoms with Gasteiger partial charge in [0.1, 0.15) is 6.26 Å². The van der Waals surface area contributed by atoms with Crippen molar-refractivity contribution in [3.8, 4) is 0 Å². The molecule has 4 nitrogen and oxygen atoms in total. The third-order valence-corrected chi connectivity index (χ3v) is 2.94. The lowest BCUT2D eigenvalue weighted by molar-refractivity contribution is 0.0953. The zero-order chi connectivity index (χ0) is 11.4. The fourth-order valence-corrected chi connectivity index (χ4v) is 1.97. The Balaban J connectivity index is 1.78. The number of nitrogens with one attached hydrogen (secondary N) is 1. The Hall–Kier alpha value is -1.62. The van der Waals surface area contributed by atoms with Crippen LogP contribution in [0, 0.1) is 6.92 Å². The van der Waals surface area contributed by atoms with Gasteiger partial charge in [0.25, 0.3) is 5.91 Å². The molecule has 0 fully saturated rings. The minimum atomic E-state index is -0.110.